The first kappa shape index (κ1) is 26.5. The minimum absolute atomic E-state index is 0. The molecule has 2 heterocycles. The number of carbonyl (C=O) groups is 3. The van der Waals surface area contributed by atoms with Gasteiger partial charge in [-0.2, -0.15) is 0 Å². The number of esters is 1. The SMILES string of the molecule is CC(=O)/C(CN)=N/OCC1C(=O)N2C(C(=O)OC(c3ccccc3)c3ccccc3)=CCSC12.Cl. The van der Waals surface area contributed by atoms with Crippen molar-refractivity contribution in [3.8, 4) is 0 Å². The van der Waals surface area contributed by atoms with E-state index in [1.165, 1.54) is 23.6 Å². The number of Topliss-reactive ketones (excluding diaryl/α,β-unsaturated/α-hetero) is 1. The molecule has 0 bridgehead atoms. The van der Waals surface area contributed by atoms with Crippen LogP contribution in [0.25, 0.3) is 0 Å². The Morgan fingerprint density at radius 2 is 1.71 bits per heavy atom. The van der Waals surface area contributed by atoms with Crippen LogP contribution >= 0.6 is 24.2 Å². The molecule has 0 saturated carbocycles. The van der Waals surface area contributed by atoms with Crippen LogP contribution in [-0.2, 0) is 24.0 Å². The fourth-order valence-electron chi connectivity index (χ4n) is 3.82. The molecule has 35 heavy (non-hydrogen) atoms. The van der Waals surface area contributed by atoms with E-state index < -0.39 is 18.0 Å². The number of hydrogen-bond acceptors (Lipinski definition) is 8. The fourth-order valence-corrected chi connectivity index (χ4v) is 5.07. The number of benzene rings is 2. The van der Waals surface area contributed by atoms with Crippen LogP contribution in [-0.4, -0.2) is 52.5 Å². The van der Waals surface area contributed by atoms with Crippen LogP contribution in [0, 0.1) is 5.92 Å². The Labute approximate surface area is 213 Å². The summed E-state index contributed by atoms with van der Waals surface area (Å²) >= 11 is 1.53. The lowest BCUT2D eigenvalue weighted by Gasteiger charge is -2.48. The largest absolute Gasteiger partial charge is 0.448 e. The van der Waals surface area contributed by atoms with Gasteiger partial charge in [-0.25, -0.2) is 4.79 Å². The predicted octanol–water partition coefficient (Wildman–Crippen LogP) is 3.08. The molecule has 2 atom stereocenters. The summed E-state index contributed by atoms with van der Waals surface area (Å²) in [5, 5.41) is 3.49. The molecule has 2 N–H and O–H groups in total. The maximum Gasteiger partial charge on any atom is 0.355 e. The zero-order valence-corrected chi connectivity index (χ0v) is 20.7. The van der Waals surface area contributed by atoms with Gasteiger partial charge in [0, 0.05) is 19.2 Å². The second-order valence-corrected chi connectivity index (χ2v) is 8.98. The number of oxime groups is 1. The Morgan fingerprint density at radius 3 is 2.26 bits per heavy atom. The van der Waals surface area contributed by atoms with Crippen LogP contribution in [0.3, 0.4) is 0 Å². The van der Waals surface area contributed by atoms with E-state index in [2.05, 4.69) is 5.16 Å². The summed E-state index contributed by atoms with van der Waals surface area (Å²) in [5.74, 6) is -1.01. The van der Waals surface area contributed by atoms with Gasteiger partial charge in [0.1, 0.15) is 23.9 Å². The zero-order valence-electron chi connectivity index (χ0n) is 19.0. The summed E-state index contributed by atoms with van der Waals surface area (Å²) in [6, 6.07) is 19.0. The summed E-state index contributed by atoms with van der Waals surface area (Å²) in [6.07, 6.45) is 1.11. The molecule has 0 aliphatic carbocycles. The lowest BCUT2D eigenvalue weighted by atomic mass is 9.97. The van der Waals surface area contributed by atoms with Gasteiger partial charge in [-0.05, 0) is 17.2 Å². The molecule has 8 nitrogen and oxygen atoms in total. The number of hydrogen-bond donors (Lipinski definition) is 1. The third kappa shape index (κ3) is 5.75. The van der Waals surface area contributed by atoms with Gasteiger partial charge in [0.25, 0.3) is 0 Å². The normalized spacial score (nSPS) is 19.2. The molecule has 2 unspecified atom stereocenters. The Balaban J connectivity index is 0.00000342. The average molecular weight is 516 g/mol. The molecular formula is C25H26ClN3O5S. The van der Waals surface area contributed by atoms with Crippen molar-refractivity contribution in [3.05, 3.63) is 83.6 Å². The van der Waals surface area contributed by atoms with Gasteiger partial charge in [0.2, 0.25) is 5.91 Å². The number of ether oxygens (including phenoxy) is 1. The minimum Gasteiger partial charge on any atom is -0.448 e. The van der Waals surface area contributed by atoms with Gasteiger partial charge < -0.3 is 15.3 Å². The summed E-state index contributed by atoms with van der Waals surface area (Å²) < 4.78 is 5.94. The van der Waals surface area contributed by atoms with E-state index >= 15 is 0 Å². The van der Waals surface area contributed by atoms with E-state index in [1.807, 2.05) is 60.7 Å². The van der Waals surface area contributed by atoms with Gasteiger partial charge >= 0.3 is 5.97 Å². The smallest absolute Gasteiger partial charge is 0.355 e. The van der Waals surface area contributed by atoms with E-state index in [1.54, 1.807) is 6.08 Å². The molecule has 4 rings (SSSR count). The summed E-state index contributed by atoms with van der Waals surface area (Å²) in [4.78, 5) is 44.2. The van der Waals surface area contributed by atoms with Crippen molar-refractivity contribution in [2.24, 2.45) is 16.8 Å². The van der Waals surface area contributed by atoms with Gasteiger partial charge in [0.05, 0.1) is 5.37 Å². The number of rotatable bonds is 9. The number of ketones is 1. The molecule has 0 radical (unpaired) electrons. The highest BCUT2D eigenvalue weighted by Gasteiger charge is 2.53. The highest BCUT2D eigenvalue weighted by molar-refractivity contribution is 8.00. The van der Waals surface area contributed by atoms with Gasteiger partial charge in [-0.3, -0.25) is 14.5 Å². The second kappa shape index (κ2) is 12.0. The first-order chi connectivity index (χ1) is 16.5. The van der Waals surface area contributed by atoms with E-state index in [9.17, 15) is 14.4 Å². The molecule has 1 amide bonds. The Kier molecular flexibility index (Phi) is 9.08. The van der Waals surface area contributed by atoms with E-state index in [4.69, 9.17) is 15.3 Å². The number of nitrogens with zero attached hydrogens (tertiary/aromatic N) is 2. The van der Waals surface area contributed by atoms with Crippen LogP contribution in [0.4, 0.5) is 0 Å². The third-order valence-electron chi connectivity index (χ3n) is 5.62. The van der Waals surface area contributed by atoms with Crippen molar-refractivity contribution in [3.63, 3.8) is 0 Å². The van der Waals surface area contributed by atoms with Crippen molar-refractivity contribution in [1.82, 2.24) is 4.90 Å². The summed E-state index contributed by atoms with van der Waals surface area (Å²) in [7, 11) is 0. The predicted molar refractivity (Wildman–Crippen MR) is 136 cm³/mol. The van der Waals surface area contributed by atoms with Crippen molar-refractivity contribution < 1.29 is 24.0 Å². The Morgan fingerprint density at radius 1 is 1.11 bits per heavy atom. The molecule has 0 aromatic heterocycles. The van der Waals surface area contributed by atoms with Crippen LogP contribution in [0.2, 0.25) is 0 Å². The summed E-state index contributed by atoms with van der Waals surface area (Å²) in [5.41, 5.74) is 7.49. The lowest BCUT2D eigenvalue weighted by Crippen LogP contribution is -2.62. The fraction of sp³-hybridized carbons (Fsp3) is 0.280. The standard InChI is InChI=1S/C25H25N3O5S.ClH/c1-16(29)20(14-26)27-32-15-19-23(30)28-21(12-13-34-24(19)28)25(31)33-22(17-8-4-2-5-9-17)18-10-6-3-7-11-18;/h2-12,19,22,24H,13-15,26H2,1H3;1H/b27-20+;. The number of thioether (sulfide) groups is 1. The minimum atomic E-state index is -0.602. The maximum atomic E-state index is 13.2. The lowest BCUT2D eigenvalue weighted by molar-refractivity contribution is -0.158. The number of carbonyl (C=O) groups excluding carboxylic acids is 3. The van der Waals surface area contributed by atoms with E-state index in [0.29, 0.717) is 5.75 Å². The summed E-state index contributed by atoms with van der Waals surface area (Å²) in [6.45, 7) is 1.31. The number of nitrogens with two attached hydrogens (primary N) is 1. The van der Waals surface area contributed by atoms with E-state index in [-0.39, 0.29) is 54.0 Å². The van der Waals surface area contributed by atoms with Crippen molar-refractivity contribution in [1.29, 1.82) is 0 Å². The van der Waals surface area contributed by atoms with Crippen molar-refractivity contribution in [2.75, 3.05) is 18.9 Å². The number of β-lactam (4-membered cyclic amide) rings is 1. The van der Waals surface area contributed by atoms with E-state index in [0.717, 1.165) is 11.1 Å². The first-order valence-corrected chi connectivity index (χ1v) is 11.9. The number of amides is 1. The molecule has 1 saturated heterocycles. The first-order valence-electron chi connectivity index (χ1n) is 10.9. The molecule has 2 aliphatic heterocycles. The average Bonchev–Trinajstić information content (AvgIpc) is 2.87. The zero-order chi connectivity index (χ0) is 24.1. The van der Waals surface area contributed by atoms with Crippen molar-refractivity contribution >= 4 is 47.5 Å². The Bertz CT molecular complexity index is 1090. The Hall–Kier alpha value is -3.14. The molecule has 2 aliphatic rings. The van der Waals surface area contributed by atoms with Crippen LogP contribution in [0.15, 0.2) is 77.6 Å². The van der Waals surface area contributed by atoms with Gasteiger partial charge in [0.15, 0.2) is 11.9 Å². The van der Waals surface area contributed by atoms with Crippen LogP contribution in [0.1, 0.15) is 24.2 Å². The monoisotopic (exact) mass is 515 g/mol. The quantitative estimate of drug-likeness (QED) is 0.236. The molecule has 2 aromatic carbocycles. The van der Waals surface area contributed by atoms with Crippen molar-refractivity contribution in [2.45, 2.75) is 18.4 Å². The molecule has 0 spiro atoms. The highest BCUT2D eigenvalue weighted by atomic mass is 35.5. The molecular weight excluding hydrogens is 490 g/mol. The molecule has 184 valence electrons. The third-order valence-corrected chi connectivity index (χ3v) is 6.86. The second-order valence-electron chi connectivity index (χ2n) is 7.83. The molecule has 2 aromatic rings. The topological polar surface area (TPSA) is 111 Å². The molecule has 1 fully saturated rings. The highest BCUT2D eigenvalue weighted by Crippen LogP contribution is 2.42. The van der Waals surface area contributed by atoms with Gasteiger partial charge in [-0.15, -0.1) is 24.2 Å². The molecule has 10 heteroatoms. The number of halogens is 1. The van der Waals surface area contributed by atoms with Crippen LogP contribution < -0.4 is 5.73 Å². The maximum absolute atomic E-state index is 13.2. The van der Waals surface area contributed by atoms with Gasteiger partial charge in [-0.1, -0.05) is 65.8 Å². The number of fused-ring (bicyclic) bond motifs is 1. The van der Waals surface area contributed by atoms with Crippen LogP contribution in [0.5, 0.6) is 0 Å².